The number of carbonyl (C=O) groups excluding carboxylic acids is 1. The van der Waals surface area contributed by atoms with Gasteiger partial charge in [0.1, 0.15) is 27.6 Å². The summed E-state index contributed by atoms with van der Waals surface area (Å²) in [5.41, 5.74) is 6.50. The summed E-state index contributed by atoms with van der Waals surface area (Å²) >= 11 is 0.991. The Bertz CT molecular complexity index is 1070. The van der Waals surface area contributed by atoms with Crippen LogP contribution in [-0.4, -0.2) is 44.9 Å². The van der Waals surface area contributed by atoms with Crippen LogP contribution in [0.5, 0.6) is 0 Å². The summed E-state index contributed by atoms with van der Waals surface area (Å²) in [5, 5.41) is 7.41. The van der Waals surface area contributed by atoms with Crippen molar-refractivity contribution in [2.45, 2.75) is 25.4 Å². The molecule has 1 amide bonds. The SMILES string of the molecule is Cn1ncc(NC(=O)c2nc(-c3ncccc3F)sc2N)c1N1CCCC(F)CC1. The zero-order chi connectivity index (χ0) is 21.3. The number of nitrogens with two attached hydrogens (primary N) is 1. The van der Waals surface area contributed by atoms with E-state index in [1.807, 2.05) is 4.90 Å². The van der Waals surface area contributed by atoms with Crippen molar-refractivity contribution in [3.63, 3.8) is 0 Å². The van der Waals surface area contributed by atoms with Gasteiger partial charge < -0.3 is 16.0 Å². The molecule has 1 fully saturated rings. The Morgan fingerprint density at radius 1 is 1.37 bits per heavy atom. The number of thiazole rings is 1. The van der Waals surface area contributed by atoms with E-state index in [0.29, 0.717) is 37.4 Å². The first-order chi connectivity index (χ1) is 14.4. The zero-order valence-electron chi connectivity index (χ0n) is 16.3. The Hall–Kier alpha value is -3.08. The molecule has 158 valence electrons. The fraction of sp³-hybridized carbons (Fsp3) is 0.368. The summed E-state index contributed by atoms with van der Waals surface area (Å²) in [6, 6.07) is 2.74. The van der Waals surface area contributed by atoms with Crippen LogP contribution < -0.4 is 16.0 Å². The van der Waals surface area contributed by atoms with Gasteiger partial charge in [0.15, 0.2) is 17.3 Å². The highest BCUT2D eigenvalue weighted by atomic mass is 32.1. The maximum atomic E-state index is 14.0. The fourth-order valence-corrected chi connectivity index (χ4v) is 4.31. The van der Waals surface area contributed by atoms with Crippen LogP contribution in [0.1, 0.15) is 29.8 Å². The molecule has 1 unspecified atom stereocenters. The second kappa shape index (κ2) is 8.34. The number of carbonyl (C=O) groups is 1. The van der Waals surface area contributed by atoms with Crippen LogP contribution >= 0.6 is 11.3 Å². The number of amides is 1. The molecule has 1 saturated heterocycles. The number of halogens is 2. The van der Waals surface area contributed by atoms with Crippen LogP contribution in [0.25, 0.3) is 10.7 Å². The van der Waals surface area contributed by atoms with E-state index in [9.17, 15) is 13.6 Å². The van der Waals surface area contributed by atoms with Crippen molar-refractivity contribution >= 4 is 33.8 Å². The predicted molar refractivity (Wildman–Crippen MR) is 112 cm³/mol. The lowest BCUT2D eigenvalue weighted by Gasteiger charge is -2.23. The molecule has 1 aliphatic heterocycles. The van der Waals surface area contributed by atoms with Gasteiger partial charge in [0, 0.05) is 26.3 Å². The van der Waals surface area contributed by atoms with Gasteiger partial charge in [-0.15, -0.1) is 0 Å². The number of nitrogens with one attached hydrogen (secondary N) is 1. The normalized spacial score (nSPS) is 17.0. The van der Waals surface area contributed by atoms with Gasteiger partial charge in [0.05, 0.1) is 6.20 Å². The molecular weight excluding hydrogens is 412 g/mol. The molecule has 0 saturated carbocycles. The van der Waals surface area contributed by atoms with E-state index in [1.165, 1.54) is 24.5 Å². The maximum Gasteiger partial charge on any atom is 0.277 e. The van der Waals surface area contributed by atoms with Gasteiger partial charge in [0.2, 0.25) is 0 Å². The van der Waals surface area contributed by atoms with Gasteiger partial charge in [-0.1, -0.05) is 11.3 Å². The van der Waals surface area contributed by atoms with Gasteiger partial charge in [-0.25, -0.2) is 13.8 Å². The Morgan fingerprint density at radius 2 is 2.20 bits per heavy atom. The monoisotopic (exact) mass is 433 g/mol. The number of nitrogen functional groups attached to an aromatic ring is 1. The Morgan fingerprint density at radius 3 is 3.00 bits per heavy atom. The smallest absolute Gasteiger partial charge is 0.277 e. The minimum atomic E-state index is -0.818. The van der Waals surface area contributed by atoms with E-state index in [2.05, 4.69) is 20.4 Å². The van der Waals surface area contributed by atoms with Gasteiger partial charge in [-0.05, 0) is 31.4 Å². The van der Waals surface area contributed by atoms with Crippen molar-refractivity contribution in [1.29, 1.82) is 0 Å². The highest BCUT2D eigenvalue weighted by Crippen LogP contribution is 2.32. The second-order valence-electron chi connectivity index (χ2n) is 7.04. The Labute approximate surface area is 175 Å². The van der Waals surface area contributed by atoms with E-state index >= 15 is 0 Å². The number of aryl methyl sites for hydroxylation is 1. The highest BCUT2D eigenvalue weighted by molar-refractivity contribution is 7.19. The van der Waals surface area contributed by atoms with Crippen molar-refractivity contribution in [1.82, 2.24) is 19.7 Å². The number of hydrogen-bond acceptors (Lipinski definition) is 7. The molecule has 11 heteroatoms. The molecule has 3 N–H and O–H groups in total. The van der Waals surface area contributed by atoms with E-state index < -0.39 is 17.9 Å². The first-order valence-corrected chi connectivity index (χ1v) is 10.3. The number of anilines is 3. The van der Waals surface area contributed by atoms with E-state index in [1.54, 1.807) is 11.7 Å². The zero-order valence-corrected chi connectivity index (χ0v) is 17.1. The summed E-state index contributed by atoms with van der Waals surface area (Å²) in [5.74, 6) is -0.374. The third-order valence-corrected chi connectivity index (χ3v) is 5.83. The van der Waals surface area contributed by atoms with Crippen molar-refractivity contribution in [3.8, 4) is 10.7 Å². The van der Waals surface area contributed by atoms with Crippen molar-refractivity contribution in [3.05, 3.63) is 36.0 Å². The lowest BCUT2D eigenvalue weighted by Crippen LogP contribution is -2.28. The molecule has 1 atom stereocenters. The summed E-state index contributed by atoms with van der Waals surface area (Å²) < 4.78 is 29.4. The molecule has 8 nitrogen and oxygen atoms in total. The minimum Gasteiger partial charge on any atom is -0.389 e. The fourth-order valence-electron chi connectivity index (χ4n) is 3.48. The molecule has 0 radical (unpaired) electrons. The lowest BCUT2D eigenvalue weighted by atomic mass is 10.2. The Kier molecular flexibility index (Phi) is 5.62. The molecule has 3 aromatic heterocycles. The van der Waals surface area contributed by atoms with Gasteiger partial charge in [0.25, 0.3) is 5.91 Å². The molecule has 0 aliphatic carbocycles. The third kappa shape index (κ3) is 3.97. The van der Waals surface area contributed by atoms with Crippen LogP contribution in [0.3, 0.4) is 0 Å². The first-order valence-electron chi connectivity index (χ1n) is 9.53. The largest absolute Gasteiger partial charge is 0.389 e. The van der Waals surface area contributed by atoms with Gasteiger partial charge in [-0.2, -0.15) is 5.10 Å². The number of nitrogens with zero attached hydrogens (tertiary/aromatic N) is 5. The second-order valence-corrected chi connectivity index (χ2v) is 8.07. The predicted octanol–water partition coefficient (Wildman–Crippen LogP) is 3.24. The highest BCUT2D eigenvalue weighted by Gasteiger charge is 2.25. The minimum absolute atomic E-state index is 0.00505. The molecule has 0 bridgehead atoms. The molecule has 0 aromatic carbocycles. The summed E-state index contributed by atoms with van der Waals surface area (Å²) in [6.45, 7) is 1.20. The molecule has 1 aliphatic rings. The molecule has 0 spiro atoms. The summed E-state index contributed by atoms with van der Waals surface area (Å²) in [6.07, 6.45) is 3.84. The molecule has 3 aromatic rings. The number of aromatic nitrogens is 4. The average Bonchev–Trinajstić information content (AvgIpc) is 3.20. The van der Waals surface area contributed by atoms with Crippen LogP contribution in [0.4, 0.5) is 25.3 Å². The van der Waals surface area contributed by atoms with Crippen LogP contribution in [0.15, 0.2) is 24.5 Å². The summed E-state index contributed by atoms with van der Waals surface area (Å²) in [4.78, 5) is 23.0. The van der Waals surface area contributed by atoms with Gasteiger partial charge >= 0.3 is 0 Å². The van der Waals surface area contributed by atoms with Crippen molar-refractivity contribution in [2.24, 2.45) is 7.05 Å². The first kappa shape index (κ1) is 20.2. The van der Waals surface area contributed by atoms with Crippen LogP contribution in [0, 0.1) is 5.82 Å². The number of pyridine rings is 1. The lowest BCUT2D eigenvalue weighted by molar-refractivity contribution is 0.102. The third-order valence-electron chi connectivity index (χ3n) is 4.94. The van der Waals surface area contributed by atoms with Gasteiger partial charge in [-0.3, -0.25) is 14.5 Å². The standard InChI is InChI=1S/C19H21F2N7OS/c1-27-19(28-8-3-4-11(20)6-9-28)13(10-24-27)25-17(29)15-16(22)30-18(26-15)14-12(21)5-2-7-23-14/h2,5,7,10-11H,3-4,6,8-9,22H2,1H3,(H,25,29). The summed E-state index contributed by atoms with van der Waals surface area (Å²) in [7, 11) is 1.77. The van der Waals surface area contributed by atoms with E-state index in [4.69, 9.17) is 5.73 Å². The van der Waals surface area contributed by atoms with Crippen molar-refractivity contribution in [2.75, 3.05) is 29.0 Å². The van der Waals surface area contributed by atoms with E-state index in [-0.39, 0.29) is 21.4 Å². The Balaban J connectivity index is 1.58. The quantitative estimate of drug-likeness (QED) is 0.655. The maximum absolute atomic E-state index is 14.0. The van der Waals surface area contributed by atoms with Crippen LogP contribution in [0.2, 0.25) is 0 Å². The molecular formula is C19H21F2N7OS. The number of hydrogen-bond donors (Lipinski definition) is 2. The van der Waals surface area contributed by atoms with E-state index in [0.717, 1.165) is 17.8 Å². The average molecular weight is 433 g/mol. The number of alkyl halides is 1. The molecule has 4 rings (SSSR count). The molecule has 4 heterocycles. The molecule has 30 heavy (non-hydrogen) atoms. The van der Waals surface area contributed by atoms with Crippen LogP contribution in [-0.2, 0) is 7.05 Å². The number of rotatable bonds is 4. The topological polar surface area (TPSA) is 102 Å². The van der Waals surface area contributed by atoms with Crippen molar-refractivity contribution < 1.29 is 13.6 Å².